The minimum absolute atomic E-state index is 0.0138. The number of benzene rings is 2. The first kappa shape index (κ1) is 15.7. The zero-order chi connectivity index (χ0) is 15.6. The lowest BCUT2D eigenvalue weighted by Crippen LogP contribution is -2.12. The Morgan fingerprint density at radius 1 is 1.14 bits per heavy atom. The van der Waals surface area contributed by atoms with Gasteiger partial charge in [0.05, 0.1) is 15.6 Å². The summed E-state index contributed by atoms with van der Waals surface area (Å²) in [5.74, 6) is -1.38. The van der Waals surface area contributed by atoms with Gasteiger partial charge in [-0.2, -0.15) is 0 Å². The number of rotatable bonds is 4. The molecule has 0 radical (unpaired) electrons. The van der Waals surface area contributed by atoms with E-state index in [0.717, 1.165) is 12.1 Å². The molecule has 2 aromatic rings. The summed E-state index contributed by atoms with van der Waals surface area (Å²) >= 11 is 5.93. The van der Waals surface area contributed by atoms with Crippen molar-refractivity contribution in [1.29, 1.82) is 0 Å². The molecule has 8 heteroatoms. The lowest BCUT2D eigenvalue weighted by atomic mass is 10.2. The molecule has 0 aliphatic rings. The van der Waals surface area contributed by atoms with Gasteiger partial charge in [-0.25, -0.2) is 22.3 Å². The molecule has 0 atom stereocenters. The first-order valence-electron chi connectivity index (χ1n) is 5.77. The number of nitrogens with two attached hydrogens (primary N) is 1. The third-order valence-electron chi connectivity index (χ3n) is 2.75. The third-order valence-corrected chi connectivity index (χ3v) is 3.99. The molecule has 4 nitrogen and oxygen atoms in total. The zero-order valence-corrected chi connectivity index (χ0v) is 12.2. The average molecular weight is 333 g/mol. The molecule has 0 bridgehead atoms. The number of nitrogens with one attached hydrogen (secondary N) is 1. The van der Waals surface area contributed by atoms with E-state index >= 15 is 0 Å². The Morgan fingerprint density at radius 3 is 2.48 bits per heavy atom. The van der Waals surface area contributed by atoms with E-state index in [1.165, 1.54) is 24.3 Å². The largest absolute Gasteiger partial charge is 0.380 e. The van der Waals surface area contributed by atoms with E-state index in [-0.39, 0.29) is 27.7 Å². The van der Waals surface area contributed by atoms with Crippen molar-refractivity contribution in [2.24, 2.45) is 5.14 Å². The highest BCUT2D eigenvalue weighted by Crippen LogP contribution is 2.25. The van der Waals surface area contributed by atoms with Gasteiger partial charge in [0.2, 0.25) is 10.0 Å². The number of anilines is 1. The first-order valence-corrected chi connectivity index (χ1v) is 7.70. The van der Waals surface area contributed by atoms with Crippen molar-refractivity contribution in [3.05, 3.63) is 58.6 Å². The second-order valence-corrected chi connectivity index (χ2v) is 6.24. The fourth-order valence-corrected chi connectivity index (χ4v) is 2.40. The summed E-state index contributed by atoms with van der Waals surface area (Å²) in [6.07, 6.45) is 0. The maximum Gasteiger partial charge on any atom is 0.238 e. The SMILES string of the molecule is NS(=O)(=O)c1ccc(Cl)c(NCc2ccc(F)cc2F)c1. The van der Waals surface area contributed by atoms with Crippen LogP contribution in [0, 0.1) is 11.6 Å². The van der Waals surface area contributed by atoms with Crippen molar-refractivity contribution < 1.29 is 17.2 Å². The summed E-state index contributed by atoms with van der Waals surface area (Å²) in [5, 5.41) is 8.07. The topological polar surface area (TPSA) is 72.2 Å². The second kappa shape index (κ2) is 5.97. The smallest absolute Gasteiger partial charge is 0.238 e. The second-order valence-electron chi connectivity index (χ2n) is 4.28. The molecule has 0 heterocycles. The molecule has 21 heavy (non-hydrogen) atoms. The van der Waals surface area contributed by atoms with Gasteiger partial charge in [-0.1, -0.05) is 17.7 Å². The van der Waals surface area contributed by atoms with E-state index in [9.17, 15) is 17.2 Å². The third kappa shape index (κ3) is 3.90. The van der Waals surface area contributed by atoms with Crippen molar-refractivity contribution >= 4 is 27.3 Å². The summed E-state index contributed by atoms with van der Waals surface area (Å²) in [6, 6.07) is 7.06. The Hall–Kier alpha value is -1.70. The van der Waals surface area contributed by atoms with Crippen molar-refractivity contribution in [1.82, 2.24) is 0 Å². The maximum absolute atomic E-state index is 13.5. The van der Waals surface area contributed by atoms with Gasteiger partial charge in [0.25, 0.3) is 0 Å². The van der Waals surface area contributed by atoms with Crippen LogP contribution in [0.4, 0.5) is 14.5 Å². The van der Waals surface area contributed by atoms with Crippen molar-refractivity contribution in [2.45, 2.75) is 11.4 Å². The van der Waals surface area contributed by atoms with E-state index in [0.29, 0.717) is 0 Å². The summed E-state index contributed by atoms with van der Waals surface area (Å²) in [5.41, 5.74) is 0.500. The Morgan fingerprint density at radius 2 is 1.86 bits per heavy atom. The summed E-state index contributed by atoms with van der Waals surface area (Å²) < 4.78 is 48.8. The molecule has 2 aromatic carbocycles. The molecular formula is C13H11ClF2N2O2S. The highest BCUT2D eigenvalue weighted by atomic mass is 35.5. The monoisotopic (exact) mass is 332 g/mol. The van der Waals surface area contributed by atoms with Crippen molar-refractivity contribution in [3.8, 4) is 0 Å². The lowest BCUT2D eigenvalue weighted by molar-refractivity contribution is 0.574. The van der Waals surface area contributed by atoms with Gasteiger partial charge < -0.3 is 5.32 Å². The molecule has 0 aliphatic heterocycles. The molecule has 0 aromatic heterocycles. The molecule has 2 rings (SSSR count). The molecule has 0 fully saturated rings. The van der Waals surface area contributed by atoms with Gasteiger partial charge in [0.1, 0.15) is 11.6 Å². The van der Waals surface area contributed by atoms with Crippen LogP contribution < -0.4 is 10.5 Å². The minimum atomic E-state index is -3.86. The number of sulfonamides is 1. The number of primary sulfonamides is 1. The van der Waals surface area contributed by atoms with E-state index in [4.69, 9.17) is 16.7 Å². The predicted octanol–water partition coefficient (Wildman–Crippen LogP) is 2.88. The van der Waals surface area contributed by atoms with Crippen LogP contribution in [0.25, 0.3) is 0 Å². The van der Waals surface area contributed by atoms with E-state index < -0.39 is 21.7 Å². The van der Waals surface area contributed by atoms with Crippen LogP contribution in [-0.2, 0) is 16.6 Å². The lowest BCUT2D eigenvalue weighted by Gasteiger charge is -2.10. The first-order chi connectivity index (χ1) is 9.77. The van der Waals surface area contributed by atoms with Crippen LogP contribution in [0.2, 0.25) is 5.02 Å². The Labute approximate surface area is 125 Å². The fraction of sp³-hybridized carbons (Fsp3) is 0.0769. The minimum Gasteiger partial charge on any atom is -0.380 e. The quantitative estimate of drug-likeness (QED) is 0.904. The predicted molar refractivity (Wildman–Crippen MR) is 76.5 cm³/mol. The maximum atomic E-state index is 13.5. The normalized spacial score (nSPS) is 11.4. The van der Waals surface area contributed by atoms with Gasteiger partial charge in [-0.3, -0.25) is 0 Å². The summed E-state index contributed by atoms with van der Waals surface area (Å²) in [4.78, 5) is -0.117. The van der Waals surface area contributed by atoms with Crippen LogP contribution in [0.1, 0.15) is 5.56 Å². The van der Waals surface area contributed by atoms with Gasteiger partial charge >= 0.3 is 0 Å². The molecule has 0 amide bonds. The molecule has 0 unspecified atom stereocenters. The van der Waals surface area contributed by atoms with Crippen LogP contribution in [0.5, 0.6) is 0 Å². The van der Waals surface area contributed by atoms with E-state index in [1.54, 1.807) is 0 Å². The Kier molecular flexibility index (Phi) is 4.46. The molecule has 3 N–H and O–H groups in total. The van der Waals surface area contributed by atoms with Gasteiger partial charge in [0, 0.05) is 18.2 Å². The van der Waals surface area contributed by atoms with E-state index in [2.05, 4.69) is 5.32 Å². The van der Waals surface area contributed by atoms with Crippen LogP contribution >= 0.6 is 11.6 Å². The van der Waals surface area contributed by atoms with Gasteiger partial charge in [-0.15, -0.1) is 0 Å². The highest BCUT2D eigenvalue weighted by Gasteiger charge is 2.11. The van der Waals surface area contributed by atoms with Crippen LogP contribution in [-0.4, -0.2) is 8.42 Å². The Bertz CT molecular complexity index is 782. The molecule has 0 saturated carbocycles. The number of hydrogen-bond donors (Lipinski definition) is 2. The molecular weight excluding hydrogens is 322 g/mol. The molecule has 0 aliphatic carbocycles. The summed E-state index contributed by atoms with van der Waals surface area (Å²) in [7, 11) is -3.86. The van der Waals surface area contributed by atoms with Crippen LogP contribution in [0.3, 0.4) is 0 Å². The Balaban J connectivity index is 2.23. The van der Waals surface area contributed by atoms with Crippen molar-refractivity contribution in [2.75, 3.05) is 5.32 Å². The fourth-order valence-electron chi connectivity index (χ4n) is 1.67. The zero-order valence-electron chi connectivity index (χ0n) is 10.6. The van der Waals surface area contributed by atoms with Crippen molar-refractivity contribution in [3.63, 3.8) is 0 Å². The number of halogens is 3. The van der Waals surface area contributed by atoms with E-state index in [1.807, 2.05) is 0 Å². The van der Waals surface area contributed by atoms with Gasteiger partial charge in [-0.05, 0) is 24.3 Å². The van der Waals surface area contributed by atoms with Gasteiger partial charge in [0.15, 0.2) is 0 Å². The molecule has 0 saturated heterocycles. The highest BCUT2D eigenvalue weighted by molar-refractivity contribution is 7.89. The number of hydrogen-bond acceptors (Lipinski definition) is 3. The standard InChI is InChI=1S/C13H11ClF2N2O2S/c14-11-4-3-10(21(17,19)20)6-13(11)18-7-8-1-2-9(15)5-12(8)16/h1-6,18H,7H2,(H2,17,19,20). The average Bonchev–Trinajstić information content (AvgIpc) is 2.38. The summed E-state index contributed by atoms with van der Waals surface area (Å²) in [6.45, 7) is 0.0138. The van der Waals surface area contributed by atoms with Crippen LogP contribution in [0.15, 0.2) is 41.3 Å². The molecule has 112 valence electrons. The molecule has 0 spiro atoms.